The van der Waals surface area contributed by atoms with E-state index in [1.54, 1.807) is 0 Å². The highest BCUT2D eigenvalue weighted by Crippen LogP contribution is 2.32. The summed E-state index contributed by atoms with van der Waals surface area (Å²) in [6.07, 6.45) is 3.40. The molecule has 6 nitrogen and oxygen atoms in total. The number of rotatable bonds is 5. The molecular weight excluding hydrogens is 388 g/mol. The predicted octanol–water partition coefficient (Wildman–Crippen LogP) is 3.19. The summed E-state index contributed by atoms with van der Waals surface area (Å²) >= 11 is 0. The minimum absolute atomic E-state index is 0.0803. The Morgan fingerprint density at radius 1 is 0.968 bits per heavy atom. The van der Waals surface area contributed by atoms with Gasteiger partial charge in [-0.2, -0.15) is 0 Å². The number of nitrogens with one attached hydrogen (secondary N) is 2. The lowest BCUT2D eigenvalue weighted by Gasteiger charge is -2.28. The number of nitrogens with zero attached hydrogens (tertiary/aromatic N) is 2. The number of likely N-dealkylation sites (tertiary alicyclic amines) is 1. The Kier molecular flexibility index (Phi) is 6.28. The molecule has 0 aromatic heterocycles. The molecule has 1 atom stereocenters. The summed E-state index contributed by atoms with van der Waals surface area (Å²) in [7, 11) is 2.12. The van der Waals surface area contributed by atoms with Gasteiger partial charge >= 0.3 is 11.8 Å². The third-order valence-corrected chi connectivity index (χ3v) is 6.34. The van der Waals surface area contributed by atoms with Gasteiger partial charge in [-0.1, -0.05) is 18.2 Å². The molecule has 2 N–H and O–H groups in total. The largest absolute Gasteiger partial charge is 0.374 e. The fraction of sp³-hybridized carbons (Fsp3) is 0.440. The van der Waals surface area contributed by atoms with Crippen molar-refractivity contribution in [1.29, 1.82) is 0 Å². The molecule has 2 aliphatic rings. The number of hydrogen-bond donors (Lipinski definition) is 2. The summed E-state index contributed by atoms with van der Waals surface area (Å²) in [4.78, 5) is 29.7. The smallest absolute Gasteiger partial charge is 0.313 e. The second kappa shape index (κ2) is 9.10. The van der Waals surface area contributed by atoms with Gasteiger partial charge in [0.25, 0.3) is 0 Å². The van der Waals surface area contributed by atoms with Gasteiger partial charge < -0.3 is 15.5 Å². The van der Waals surface area contributed by atoms with E-state index in [0.29, 0.717) is 12.2 Å². The second-order valence-electron chi connectivity index (χ2n) is 8.86. The highest BCUT2D eigenvalue weighted by molar-refractivity contribution is 6.39. The van der Waals surface area contributed by atoms with E-state index < -0.39 is 11.8 Å². The van der Waals surface area contributed by atoms with Crippen LogP contribution in [0.15, 0.2) is 36.4 Å². The normalized spacial score (nSPS) is 16.8. The van der Waals surface area contributed by atoms with Crippen LogP contribution in [0.25, 0.3) is 0 Å². The Bertz CT molecular complexity index is 961. The monoisotopic (exact) mass is 420 g/mol. The lowest BCUT2D eigenvalue weighted by atomic mass is 10.0. The molecule has 2 heterocycles. The molecule has 2 aliphatic heterocycles. The van der Waals surface area contributed by atoms with E-state index >= 15 is 0 Å². The summed E-state index contributed by atoms with van der Waals surface area (Å²) in [5.41, 5.74) is 6.62. The van der Waals surface area contributed by atoms with E-state index in [1.165, 1.54) is 29.7 Å². The molecule has 31 heavy (non-hydrogen) atoms. The first-order valence-electron chi connectivity index (χ1n) is 11.2. The molecule has 2 aromatic rings. The van der Waals surface area contributed by atoms with Gasteiger partial charge in [-0.05, 0) is 86.7 Å². The van der Waals surface area contributed by atoms with Crippen LogP contribution in [-0.4, -0.2) is 49.9 Å². The lowest BCUT2D eigenvalue weighted by molar-refractivity contribution is -0.136. The summed E-state index contributed by atoms with van der Waals surface area (Å²) in [6, 6.07) is 12.5. The van der Waals surface area contributed by atoms with Gasteiger partial charge in [0.15, 0.2) is 0 Å². The third kappa shape index (κ3) is 4.90. The highest BCUT2D eigenvalue weighted by Gasteiger charge is 2.27. The zero-order valence-corrected chi connectivity index (χ0v) is 18.7. The summed E-state index contributed by atoms with van der Waals surface area (Å²) in [5, 5.41) is 5.61. The first-order valence-corrected chi connectivity index (χ1v) is 11.2. The Labute approximate surface area is 184 Å². The number of aryl methyl sites for hydroxylation is 2. The number of hydrogen-bond acceptors (Lipinski definition) is 4. The molecule has 6 heteroatoms. The second-order valence-corrected chi connectivity index (χ2v) is 8.86. The molecule has 1 fully saturated rings. The highest BCUT2D eigenvalue weighted by atomic mass is 16.2. The predicted molar refractivity (Wildman–Crippen MR) is 125 cm³/mol. The van der Waals surface area contributed by atoms with Gasteiger partial charge in [-0.3, -0.25) is 14.5 Å². The van der Waals surface area contributed by atoms with Crippen molar-refractivity contribution in [3.05, 3.63) is 58.7 Å². The first kappa shape index (κ1) is 21.4. The molecule has 1 saturated heterocycles. The minimum Gasteiger partial charge on any atom is -0.374 e. The third-order valence-electron chi connectivity index (χ3n) is 6.34. The van der Waals surface area contributed by atoms with Crippen molar-refractivity contribution in [3.8, 4) is 0 Å². The maximum Gasteiger partial charge on any atom is 0.313 e. The van der Waals surface area contributed by atoms with Gasteiger partial charge in [0, 0.05) is 31.5 Å². The quantitative estimate of drug-likeness (QED) is 0.730. The van der Waals surface area contributed by atoms with Gasteiger partial charge in [-0.25, -0.2) is 0 Å². The molecule has 0 bridgehead atoms. The fourth-order valence-corrected chi connectivity index (χ4v) is 4.81. The first-order chi connectivity index (χ1) is 14.9. The fourth-order valence-electron chi connectivity index (χ4n) is 4.81. The van der Waals surface area contributed by atoms with Crippen LogP contribution >= 0.6 is 0 Å². The van der Waals surface area contributed by atoms with Gasteiger partial charge in [0.05, 0.1) is 6.04 Å². The molecule has 1 unspecified atom stereocenters. The maximum absolute atomic E-state index is 12.5. The number of benzene rings is 2. The molecule has 0 aliphatic carbocycles. The topological polar surface area (TPSA) is 64.7 Å². The molecule has 2 aromatic carbocycles. The Hall–Kier alpha value is -2.86. The van der Waals surface area contributed by atoms with Crippen LogP contribution in [0.4, 0.5) is 11.4 Å². The van der Waals surface area contributed by atoms with Crippen LogP contribution < -0.4 is 15.5 Å². The molecule has 0 spiro atoms. The number of carbonyl (C=O) groups excluding carboxylic acids is 2. The molecule has 164 valence electrons. The van der Waals surface area contributed by atoms with Gasteiger partial charge in [0.2, 0.25) is 0 Å². The lowest BCUT2D eigenvalue weighted by Crippen LogP contribution is -2.41. The van der Waals surface area contributed by atoms with Crippen molar-refractivity contribution in [2.75, 3.05) is 43.4 Å². The SMILES string of the molecule is Cc1cc(C)cc(NC(=O)C(=O)NCC(c2ccc3c(c2)CCN3C)N2CCCC2)c1. The Morgan fingerprint density at radius 2 is 1.68 bits per heavy atom. The van der Waals surface area contributed by atoms with E-state index in [4.69, 9.17) is 0 Å². The van der Waals surface area contributed by atoms with E-state index in [1.807, 2.05) is 32.0 Å². The van der Waals surface area contributed by atoms with Crippen LogP contribution in [0.3, 0.4) is 0 Å². The van der Waals surface area contributed by atoms with Crippen LogP contribution in [0.5, 0.6) is 0 Å². The minimum atomic E-state index is -0.624. The number of amides is 2. The van der Waals surface area contributed by atoms with Crippen molar-refractivity contribution in [2.45, 2.75) is 39.2 Å². The van der Waals surface area contributed by atoms with E-state index in [0.717, 1.165) is 37.2 Å². The zero-order valence-electron chi connectivity index (χ0n) is 18.7. The van der Waals surface area contributed by atoms with Crippen molar-refractivity contribution < 1.29 is 9.59 Å². The van der Waals surface area contributed by atoms with E-state index in [-0.39, 0.29) is 6.04 Å². The van der Waals surface area contributed by atoms with Crippen LogP contribution in [-0.2, 0) is 16.0 Å². The summed E-state index contributed by atoms with van der Waals surface area (Å²) < 4.78 is 0. The van der Waals surface area contributed by atoms with Crippen molar-refractivity contribution in [1.82, 2.24) is 10.2 Å². The summed E-state index contributed by atoms with van der Waals surface area (Å²) in [5.74, 6) is -1.22. The Morgan fingerprint density at radius 3 is 2.39 bits per heavy atom. The summed E-state index contributed by atoms with van der Waals surface area (Å²) in [6.45, 7) is 7.45. The molecular formula is C25H32N4O2. The standard InChI is InChI=1S/C25H32N4O2/c1-17-12-18(2)14-21(13-17)27-25(31)24(30)26-16-23(29-9-4-5-10-29)19-6-7-22-20(15-19)8-11-28(22)3/h6-7,12-15,23H,4-5,8-11,16H2,1-3H3,(H,26,30)(H,27,31). The number of likely N-dealkylation sites (N-methyl/N-ethyl adjacent to an activating group) is 1. The zero-order chi connectivity index (χ0) is 22.0. The van der Waals surface area contributed by atoms with Crippen molar-refractivity contribution in [2.24, 2.45) is 0 Å². The average molecular weight is 421 g/mol. The molecule has 0 saturated carbocycles. The molecule has 4 rings (SSSR count). The van der Waals surface area contributed by atoms with Crippen LogP contribution in [0, 0.1) is 13.8 Å². The van der Waals surface area contributed by atoms with Crippen LogP contribution in [0.2, 0.25) is 0 Å². The number of fused-ring (bicyclic) bond motifs is 1. The van der Waals surface area contributed by atoms with E-state index in [2.05, 4.69) is 45.7 Å². The average Bonchev–Trinajstić information content (AvgIpc) is 3.37. The maximum atomic E-state index is 12.5. The molecule has 2 amide bonds. The van der Waals surface area contributed by atoms with Crippen molar-refractivity contribution >= 4 is 23.2 Å². The molecule has 0 radical (unpaired) electrons. The Balaban J connectivity index is 1.44. The van der Waals surface area contributed by atoms with Gasteiger partial charge in [0.1, 0.15) is 0 Å². The van der Waals surface area contributed by atoms with Crippen LogP contribution in [0.1, 0.15) is 41.1 Å². The number of anilines is 2. The number of carbonyl (C=O) groups is 2. The van der Waals surface area contributed by atoms with E-state index in [9.17, 15) is 9.59 Å². The van der Waals surface area contributed by atoms with Gasteiger partial charge in [-0.15, -0.1) is 0 Å². The van der Waals surface area contributed by atoms with Crippen molar-refractivity contribution in [3.63, 3.8) is 0 Å².